The molecule has 1 N–H and O–H groups in total. The van der Waals surface area contributed by atoms with Gasteiger partial charge in [-0.3, -0.25) is 4.79 Å². The molecule has 0 saturated carbocycles. The predicted molar refractivity (Wildman–Crippen MR) is 111 cm³/mol. The number of benzene rings is 2. The Kier molecular flexibility index (Phi) is 5.34. The van der Waals surface area contributed by atoms with Crippen molar-refractivity contribution in [2.24, 2.45) is 0 Å². The topological polar surface area (TPSA) is 48.5 Å². The molecule has 0 aliphatic carbocycles. The van der Waals surface area contributed by atoms with Gasteiger partial charge < -0.3 is 15.1 Å². The normalized spacial score (nSPS) is 14.2. The zero-order valence-electron chi connectivity index (χ0n) is 15.0. The minimum absolute atomic E-state index is 0.126. The van der Waals surface area contributed by atoms with E-state index >= 15 is 0 Å². The van der Waals surface area contributed by atoms with E-state index in [1.54, 1.807) is 6.20 Å². The molecule has 27 heavy (non-hydrogen) atoms. The van der Waals surface area contributed by atoms with Crippen molar-refractivity contribution < 1.29 is 4.79 Å². The van der Waals surface area contributed by atoms with Gasteiger partial charge in [0, 0.05) is 49.0 Å². The predicted octanol–water partition coefficient (Wildman–Crippen LogP) is 3.57. The minimum Gasteiger partial charge on any atom is -0.367 e. The summed E-state index contributed by atoms with van der Waals surface area (Å²) in [4.78, 5) is 20.9. The van der Waals surface area contributed by atoms with E-state index in [0.717, 1.165) is 31.3 Å². The SMILES string of the molecule is O=C(CNc1nccs1)N1CCN(c2ccccc2-c2ccccc2)CC1. The number of aromatic nitrogens is 1. The van der Waals surface area contributed by atoms with Crippen molar-refractivity contribution in [1.29, 1.82) is 0 Å². The molecule has 4 rings (SSSR count). The molecule has 138 valence electrons. The Balaban J connectivity index is 1.39. The lowest BCUT2D eigenvalue weighted by Gasteiger charge is -2.37. The number of piperazine rings is 1. The number of carbonyl (C=O) groups is 1. The zero-order chi connectivity index (χ0) is 18.5. The van der Waals surface area contributed by atoms with Crippen LogP contribution in [0.25, 0.3) is 11.1 Å². The first-order valence-electron chi connectivity index (χ1n) is 9.12. The Morgan fingerprint density at radius 2 is 1.74 bits per heavy atom. The Hall–Kier alpha value is -2.86. The van der Waals surface area contributed by atoms with Crippen LogP contribution in [0.4, 0.5) is 10.8 Å². The van der Waals surface area contributed by atoms with E-state index < -0.39 is 0 Å². The zero-order valence-corrected chi connectivity index (χ0v) is 15.9. The molecular weight excluding hydrogens is 356 g/mol. The third kappa shape index (κ3) is 4.11. The fourth-order valence-corrected chi connectivity index (χ4v) is 3.91. The number of nitrogens with zero attached hydrogens (tertiary/aromatic N) is 3. The van der Waals surface area contributed by atoms with E-state index in [1.807, 2.05) is 16.3 Å². The third-order valence-corrected chi connectivity index (χ3v) is 5.52. The fraction of sp³-hybridized carbons (Fsp3) is 0.238. The van der Waals surface area contributed by atoms with Crippen LogP contribution in [-0.2, 0) is 4.79 Å². The molecule has 2 heterocycles. The van der Waals surface area contributed by atoms with Crippen molar-refractivity contribution in [1.82, 2.24) is 9.88 Å². The summed E-state index contributed by atoms with van der Waals surface area (Å²) in [6.45, 7) is 3.46. The van der Waals surface area contributed by atoms with Gasteiger partial charge in [-0.2, -0.15) is 0 Å². The first-order valence-corrected chi connectivity index (χ1v) is 10.00. The highest BCUT2D eigenvalue weighted by molar-refractivity contribution is 7.13. The Morgan fingerprint density at radius 1 is 1.00 bits per heavy atom. The van der Waals surface area contributed by atoms with Crippen LogP contribution in [0.1, 0.15) is 0 Å². The molecule has 0 atom stereocenters. The Bertz CT molecular complexity index is 874. The summed E-state index contributed by atoms with van der Waals surface area (Å²) < 4.78 is 0. The van der Waals surface area contributed by atoms with Crippen molar-refractivity contribution in [3.63, 3.8) is 0 Å². The van der Waals surface area contributed by atoms with Crippen LogP contribution in [0.3, 0.4) is 0 Å². The first-order chi connectivity index (χ1) is 13.3. The van der Waals surface area contributed by atoms with Crippen molar-refractivity contribution in [3.05, 3.63) is 66.2 Å². The number of thiazole rings is 1. The smallest absolute Gasteiger partial charge is 0.242 e. The van der Waals surface area contributed by atoms with Crippen molar-refractivity contribution in [3.8, 4) is 11.1 Å². The highest BCUT2D eigenvalue weighted by atomic mass is 32.1. The summed E-state index contributed by atoms with van der Waals surface area (Å²) >= 11 is 1.51. The number of rotatable bonds is 5. The molecule has 1 aliphatic heterocycles. The molecule has 0 bridgehead atoms. The second-order valence-electron chi connectivity index (χ2n) is 6.44. The lowest BCUT2D eigenvalue weighted by molar-refractivity contribution is -0.129. The largest absolute Gasteiger partial charge is 0.367 e. The summed E-state index contributed by atoms with van der Waals surface area (Å²) in [6.07, 6.45) is 1.74. The minimum atomic E-state index is 0.126. The van der Waals surface area contributed by atoms with E-state index in [0.29, 0.717) is 6.54 Å². The van der Waals surface area contributed by atoms with Crippen molar-refractivity contribution in [2.45, 2.75) is 0 Å². The van der Waals surface area contributed by atoms with Crippen LogP contribution >= 0.6 is 11.3 Å². The van der Waals surface area contributed by atoms with Gasteiger partial charge in [0.15, 0.2) is 5.13 Å². The van der Waals surface area contributed by atoms with Gasteiger partial charge in [-0.25, -0.2) is 4.98 Å². The molecule has 2 aromatic carbocycles. The highest BCUT2D eigenvalue weighted by Crippen LogP contribution is 2.31. The Morgan fingerprint density at radius 3 is 2.48 bits per heavy atom. The standard InChI is InChI=1S/C21H22N4OS/c26-20(16-23-21-22-10-15-27-21)25-13-11-24(12-14-25)19-9-5-4-8-18(19)17-6-2-1-3-7-17/h1-10,15H,11-14,16H2,(H,22,23). The lowest BCUT2D eigenvalue weighted by Crippen LogP contribution is -2.50. The summed E-state index contributed by atoms with van der Waals surface area (Å²) in [5, 5.41) is 5.79. The maximum atomic E-state index is 12.4. The molecule has 1 aromatic heterocycles. The lowest BCUT2D eigenvalue weighted by atomic mass is 10.0. The number of anilines is 2. The van der Waals surface area contributed by atoms with E-state index in [4.69, 9.17) is 0 Å². The molecule has 0 radical (unpaired) electrons. The number of hydrogen-bond donors (Lipinski definition) is 1. The molecule has 3 aromatic rings. The number of hydrogen-bond acceptors (Lipinski definition) is 5. The third-order valence-electron chi connectivity index (χ3n) is 4.79. The quantitative estimate of drug-likeness (QED) is 0.737. The van der Waals surface area contributed by atoms with Crippen LogP contribution in [0.2, 0.25) is 0 Å². The second kappa shape index (κ2) is 8.22. The van der Waals surface area contributed by atoms with Crippen LogP contribution in [-0.4, -0.2) is 48.5 Å². The average Bonchev–Trinajstić information content (AvgIpc) is 3.26. The molecule has 1 aliphatic rings. The van der Waals surface area contributed by atoms with Gasteiger partial charge in [0.1, 0.15) is 0 Å². The van der Waals surface area contributed by atoms with Gasteiger partial charge in [0.25, 0.3) is 0 Å². The molecule has 1 amide bonds. The highest BCUT2D eigenvalue weighted by Gasteiger charge is 2.22. The molecule has 0 unspecified atom stereocenters. The molecule has 0 spiro atoms. The first kappa shape index (κ1) is 17.5. The van der Waals surface area contributed by atoms with Crippen LogP contribution in [0.15, 0.2) is 66.2 Å². The van der Waals surface area contributed by atoms with Crippen LogP contribution in [0, 0.1) is 0 Å². The number of carbonyl (C=O) groups excluding carboxylic acids is 1. The number of nitrogens with one attached hydrogen (secondary N) is 1. The maximum Gasteiger partial charge on any atom is 0.242 e. The molecule has 6 heteroatoms. The van der Waals surface area contributed by atoms with Gasteiger partial charge in [0.05, 0.1) is 6.54 Å². The van der Waals surface area contributed by atoms with Crippen molar-refractivity contribution in [2.75, 3.05) is 42.9 Å². The van der Waals surface area contributed by atoms with E-state index in [9.17, 15) is 4.79 Å². The molecule has 1 saturated heterocycles. The Labute approximate surface area is 163 Å². The second-order valence-corrected chi connectivity index (χ2v) is 7.34. The van der Waals surface area contributed by atoms with Gasteiger partial charge in [-0.1, -0.05) is 48.5 Å². The maximum absolute atomic E-state index is 12.4. The molecular formula is C21H22N4OS. The monoisotopic (exact) mass is 378 g/mol. The summed E-state index contributed by atoms with van der Waals surface area (Å²) in [5.41, 5.74) is 3.69. The van der Waals surface area contributed by atoms with Crippen molar-refractivity contribution >= 4 is 28.1 Å². The average molecular weight is 379 g/mol. The van der Waals surface area contributed by atoms with Gasteiger partial charge >= 0.3 is 0 Å². The fourth-order valence-electron chi connectivity index (χ4n) is 3.38. The summed E-state index contributed by atoms with van der Waals surface area (Å²) in [5.74, 6) is 0.126. The summed E-state index contributed by atoms with van der Waals surface area (Å²) in [6, 6.07) is 19.0. The summed E-state index contributed by atoms with van der Waals surface area (Å²) in [7, 11) is 0. The number of para-hydroxylation sites is 1. The molecule has 1 fully saturated rings. The molecule has 5 nitrogen and oxygen atoms in total. The van der Waals surface area contributed by atoms with Gasteiger partial charge in [-0.15, -0.1) is 11.3 Å². The van der Waals surface area contributed by atoms with Crippen LogP contribution in [0.5, 0.6) is 0 Å². The van der Waals surface area contributed by atoms with Gasteiger partial charge in [0.2, 0.25) is 5.91 Å². The van der Waals surface area contributed by atoms with E-state index in [-0.39, 0.29) is 5.91 Å². The van der Waals surface area contributed by atoms with Crippen LogP contribution < -0.4 is 10.2 Å². The van der Waals surface area contributed by atoms with E-state index in [2.05, 4.69) is 63.7 Å². The number of amides is 1. The van der Waals surface area contributed by atoms with Gasteiger partial charge in [-0.05, 0) is 11.6 Å². The van der Waals surface area contributed by atoms with E-state index in [1.165, 1.54) is 28.2 Å².